The van der Waals surface area contributed by atoms with Crippen LogP contribution in [0.2, 0.25) is 0 Å². The lowest BCUT2D eigenvalue weighted by molar-refractivity contribution is 0.428. The SMILES string of the molecule is CC1=CCCN(S(=O)(=O)c2ccc(N)c(C)c2)C1. The van der Waals surface area contributed by atoms with Crippen LogP contribution < -0.4 is 5.73 Å². The highest BCUT2D eigenvalue weighted by atomic mass is 32.2. The maximum Gasteiger partial charge on any atom is 0.243 e. The zero-order valence-electron chi connectivity index (χ0n) is 10.7. The van der Waals surface area contributed by atoms with Crippen LogP contribution in [0, 0.1) is 6.92 Å². The number of benzene rings is 1. The second kappa shape index (κ2) is 4.74. The summed E-state index contributed by atoms with van der Waals surface area (Å²) in [5.41, 5.74) is 8.22. The van der Waals surface area contributed by atoms with Gasteiger partial charge in [0.25, 0.3) is 0 Å². The van der Waals surface area contributed by atoms with Gasteiger partial charge in [0, 0.05) is 18.8 Å². The van der Waals surface area contributed by atoms with Crippen LogP contribution in [0.5, 0.6) is 0 Å². The van der Waals surface area contributed by atoms with E-state index in [9.17, 15) is 8.42 Å². The van der Waals surface area contributed by atoms with E-state index in [1.807, 2.05) is 13.8 Å². The first kappa shape index (κ1) is 13.1. The molecule has 0 radical (unpaired) electrons. The van der Waals surface area contributed by atoms with Gasteiger partial charge >= 0.3 is 0 Å². The summed E-state index contributed by atoms with van der Waals surface area (Å²) in [7, 11) is -3.40. The van der Waals surface area contributed by atoms with Crippen molar-refractivity contribution < 1.29 is 8.42 Å². The third kappa shape index (κ3) is 2.42. The first-order valence-corrected chi connectivity index (χ1v) is 7.37. The van der Waals surface area contributed by atoms with E-state index in [1.165, 1.54) is 4.31 Å². The van der Waals surface area contributed by atoms with Gasteiger partial charge in [0.2, 0.25) is 10.0 Å². The molecule has 0 bridgehead atoms. The normalized spacial score (nSPS) is 17.6. The van der Waals surface area contributed by atoms with Crippen molar-refractivity contribution in [2.75, 3.05) is 18.8 Å². The smallest absolute Gasteiger partial charge is 0.243 e. The molecule has 1 aromatic rings. The first-order valence-electron chi connectivity index (χ1n) is 5.93. The van der Waals surface area contributed by atoms with Crippen LogP contribution in [-0.2, 0) is 10.0 Å². The molecule has 1 aliphatic heterocycles. The summed E-state index contributed by atoms with van der Waals surface area (Å²) in [5.74, 6) is 0. The largest absolute Gasteiger partial charge is 0.399 e. The second-order valence-electron chi connectivity index (χ2n) is 4.70. The Morgan fingerprint density at radius 2 is 2.00 bits per heavy atom. The van der Waals surface area contributed by atoms with E-state index in [0.29, 0.717) is 23.7 Å². The van der Waals surface area contributed by atoms with Gasteiger partial charge in [-0.05, 0) is 44.0 Å². The zero-order valence-corrected chi connectivity index (χ0v) is 11.5. The molecular formula is C13H18N2O2S. The Morgan fingerprint density at radius 3 is 2.61 bits per heavy atom. The molecule has 5 heteroatoms. The van der Waals surface area contributed by atoms with Crippen molar-refractivity contribution in [3.63, 3.8) is 0 Å². The van der Waals surface area contributed by atoms with Crippen molar-refractivity contribution in [3.05, 3.63) is 35.4 Å². The van der Waals surface area contributed by atoms with Gasteiger partial charge in [0.05, 0.1) is 4.90 Å². The molecule has 0 aliphatic carbocycles. The predicted octanol–water partition coefficient (Wildman–Crippen LogP) is 1.92. The lowest BCUT2D eigenvalue weighted by Crippen LogP contribution is -2.35. The number of aryl methyl sites for hydroxylation is 1. The Balaban J connectivity index is 2.36. The number of rotatable bonds is 2. The molecule has 2 rings (SSSR count). The maximum atomic E-state index is 12.5. The monoisotopic (exact) mass is 266 g/mol. The fourth-order valence-electron chi connectivity index (χ4n) is 2.04. The number of nitrogens with two attached hydrogens (primary N) is 1. The molecule has 0 aromatic heterocycles. The molecular weight excluding hydrogens is 248 g/mol. The zero-order chi connectivity index (χ0) is 13.3. The fourth-order valence-corrected chi connectivity index (χ4v) is 3.62. The highest BCUT2D eigenvalue weighted by Crippen LogP contribution is 2.23. The van der Waals surface area contributed by atoms with Gasteiger partial charge in [0.1, 0.15) is 0 Å². The van der Waals surface area contributed by atoms with Crippen LogP contribution in [0.1, 0.15) is 18.9 Å². The Kier molecular flexibility index (Phi) is 3.45. The van der Waals surface area contributed by atoms with Crippen molar-refractivity contribution in [3.8, 4) is 0 Å². The minimum Gasteiger partial charge on any atom is -0.399 e. The Morgan fingerprint density at radius 1 is 1.28 bits per heavy atom. The molecule has 0 atom stereocenters. The molecule has 1 aromatic carbocycles. The van der Waals surface area contributed by atoms with Crippen molar-refractivity contribution in [2.45, 2.75) is 25.2 Å². The number of nitrogen functional groups attached to an aromatic ring is 1. The summed E-state index contributed by atoms with van der Waals surface area (Å²) in [6.07, 6.45) is 2.86. The third-order valence-corrected chi connectivity index (χ3v) is 5.02. The van der Waals surface area contributed by atoms with E-state index in [0.717, 1.165) is 17.6 Å². The first-order chi connectivity index (χ1) is 8.41. The molecule has 0 fully saturated rings. The van der Waals surface area contributed by atoms with Crippen molar-refractivity contribution >= 4 is 15.7 Å². The van der Waals surface area contributed by atoms with E-state index < -0.39 is 10.0 Å². The van der Waals surface area contributed by atoms with E-state index in [-0.39, 0.29) is 0 Å². The van der Waals surface area contributed by atoms with Crippen molar-refractivity contribution in [2.24, 2.45) is 0 Å². The molecule has 0 spiro atoms. The molecule has 0 unspecified atom stereocenters. The standard InChI is InChI=1S/C13H18N2O2S/c1-10-4-3-7-15(9-10)18(16,17)12-5-6-13(14)11(2)8-12/h4-6,8H,3,7,9,14H2,1-2H3. The summed E-state index contributed by atoms with van der Waals surface area (Å²) in [6.45, 7) is 4.79. The highest BCUT2D eigenvalue weighted by Gasteiger charge is 2.26. The van der Waals surface area contributed by atoms with Gasteiger partial charge in [-0.1, -0.05) is 11.6 Å². The van der Waals surface area contributed by atoms with E-state index in [4.69, 9.17) is 5.73 Å². The van der Waals surface area contributed by atoms with Gasteiger partial charge in [-0.15, -0.1) is 0 Å². The molecule has 0 saturated heterocycles. The minimum absolute atomic E-state index is 0.323. The molecule has 0 saturated carbocycles. The highest BCUT2D eigenvalue weighted by molar-refractivity contribution is 7.89. The van der Waals surface area contributed by atoms with Gasteiger partial charge < -0.3 is 5.73 Å². The molecule has 98 valence electrons. The number of hydrogen-bond acceptors (Lipinski definition) is 3. The number of nitrogens with zero attached hydrogens (tertiary/aromatic N) is 1. The van der Waals surface area contributed by atoms with E-state index in [2.05, 4.69) is 6.08 Å². The number of hydrogen-bond donors (Lipinski definition) is 1. The topological polar surface area (TPSA) is 63.4 Å². The molecule has 2 N–H and O–H groups in total. The molecule has 0 amide bonds. The summed E-state index contributed by atoms with van der Waals surface area (Å²) in [5, 5.41) is 0. The molecule has 4 nitrogen and oxygen atoms in total. The molecule has 18 heavy (non-hydrogen) atoms. The van der Waals surface area contributed by atoms with Gasteiger partial charge in [-0.3, -0.25) is 0 Å². The Bertz CT molecular complexity index is 591. The maximum absolute atomic E-state index is 12.5. The minimum atomic E-state index is -3.40. The Labute approximate surface area is 108 Å². The lowest BCUT2D eigenvalue weighted by Gasteiger charge is -2.25. The second-order valence-corrected chi connectivity index (χ2v) is 6.63. The summed E-state index contributed by atoms with van der Waals surface area (Å²) >= 11 is 0. The van der Waals surface area contributed by atoms with Crippen LogP contribution in [0.25, 0.3) is 0 Å². The van der Waals surface area contributed by atoms with E-state index in [1.54, 1.807) is 18.2 Å². The van der Waals surface area contributed by atoms with Crippen molar-refractivity contribution in [1.29, 1.82) is 0 Å². The fraction of sp³-hybridized carbons (Fsp3) is 0.385. The van der Waals surface area contributed by atoms with Crippen LogP contribution in [0.3, 0.4) is 0 Å². The lowest BCUT2D eigenvalue weighted by atomic mass is 10.2. The Hall–Kier alpha value is -1.33. The van der Waals surface area contributed by atoms with Crippen LogP contribution >= 0.6 is 0 Å². The summed E-state index contributed by atoms with van der Waals surface area (Å²) < 4.78 is 26.4. The average Bonchev–Trinajstić information content (AvgIpc) is 2.32. The van der Waals surface area contributed by atoms with E-state index >= 15 is 0 Å². The quantitative estimate of drug-likeness (QED) is 0.657. The van der Waals surface area contributed by atoms with Crippen LogP contribution in [-0.4, -0.2) is 25.8 Å². The number of sulfonamides is 1. The van der Waals surface area contributed by atoms with Gasteiger partial charge in [0.15, 0.2) is 0 Å². The van der Waals surface area contributed by atoms with Gasteiger partial charge in [-0.25, -0.2) is 8.42 Å². The molecule has 1 aliphatic rings. The molecule has 1 heterocycles. The number of anilines is 1. The van der Waals surface area contributed by atoms with Crippen molar-refractivity contribution in [1.82, 2.24) is 4.31 Å². The van der Waals surface area contributed by atoms with Gasteiger partial charge in [-0.2, -0.15) is 4.31 Å². The van der Waals surface area contributed by atoms with Crippen LogP contribution in [0.15, 0.2) is 34.7 Å². The third-order valence-electron chi connectivity index (χ3n) is 3.18. The summed E-state index contributed by atoms with van der Waals surface area (Å²) in [6, 6.07) is 4.86. The van der Waals surface area contributed by atoms with Crippen LogP contribution in [0.4, 0.5) is 5.69 Å². The summed E-state index contributed by atoms with van der Waals surface area (Å²) in [4.78, 5) is 0.323. The average molecular weight is 266 g/mol. The predicted molar refractivity (Wildman–Crippen MR) is 72.7 cm³/mol.